The van der Waals surface area contributed by atoms with Crippen LogP contribution in [0.5, 0.6) is 0 Å². The van der Waals surface area contributed by atoms with Crippen LogP contribution < -0.4 is 4.90 Å². The van der Waals surface area contributed by atoms with E-state index >= 15 is 0 Å². The summed E-state index contributed by atoms with van der Waals surface area (Å²) in [4.78, 5) is 12.9. The average molecular weight is 280 g/mol. The molecule has 1 unspecified atom stereocenters. The van der Waals surface area contributed by atoms with Crippen LogP contribution in [-0.2, 0) is 4.79 Å². The van der Waals surface area contributed by atoms with E-state index in [9.17, 15) is 4.79 Å². The lowest BCUT2D eigenvalue weighted by Crippen LogP contribution is -2.67. The molecule has 0 radical (unpaired) electrons. The molecule has 1 aliphatic heterocycles. The lowest BCUT2D eigenvalue weighted by atomic mass is 10.1. The predicted octanol–water partition coefficient (Wildman–Crippen LogP) is 2.81. The average Bonchev–Trinajstić information content (AvgIpc) is 2.20. The number of hydrogen-bond acceptors (Lipinski definition) is 3. The van der Waals surface area contributed by atoms with Gasteiger partial charge in [-0.25, -0.2) is 0 Å². The Kier molecular flexibility index (Phi) is 2.88. The van der Waals surface area contributed by atoms with Crippen molar-refractivity contribution in [3.8, 4) is 0 Å². The second-order valence-electron chi connectivity index (χ2n) is 3.20. The lowest BCUT2D eigenvalue weighted by Gasteiger charge is -2.49. The van der Waals surface area contributed by atoms with Crippen LogP contribution in [0.3, 0.4) is 0 Å². The van der Waals surface area contributed by atoms with Crippen LogP contribution in [0.4, 0.5) is 5.69 Å². The maximum absolute atomic E-state index is 11.5. The monoisotopic (exact) mass is 279 g/mol. The number of halogens is 2. The normalized spacial score (nSPS) is 23.9. The van der Waals surface area contributed by atoms with Crippen molar-refractivity contribution in [1.29, 1.82) is 0 Å². The van der Waals surface area contributed by atoms with Crippen molar-refractivity contribution >= 4 is 60.1 Å². The van der Waals surface area contributed by atoms with Crippen LogP contribution in [0.25, 0.3) is 0 Å². The number of rotatable bonds is 1. The van der Waals surface area contributed by atoms with Gasteiger partial charge in [0.1, 0.15) is 0 Å². The number of nitrogens with zero attached hydrogens (tertiary/aromatic N) is 1. The van der Waals surface area contributed by atoms with Crippen molar-refractivity contribution in [2.45, 2.75) is 9.58 Å². The fraction of sp³-hybridized carbons (Fsp3) is 0.222. The summed E-state index contributed by atoms with van der Waals surface area (Å²) in [5, 5.41) is -0.0991. The van der Waals surface area contributed by atoms with Gasteiger partial charge in [-0.3, -0.25) is 9.69 Å². The molecule has 80 valence electrons. The number of amides is 1. The zero-order chi connectivity index (χ0) is 11.2. The Morgan fingerprint density at radius 3 is 2.27 bits per heavy atom. The van der Waals surface area contributed by atoms with Crippen molar-refractivity contribution in [2.24, 2.45) is 0 Å². The molecule has 1 aromatic rings. The Morgan fingerprint density at radius 2 is 1.80 bits per heavy atom. The SMILES string of the molecule is O=C1C(Cl)C(S)(S)N1c1ccc(Cl)cc1. The van der Waals surface area contributed by atoms with Crippen LogP contribution in [0.15, 0.2) is 24.3 Å². The lowest BCUT2D eigenvalue weighted by molar-refractivity contribution is -0.122. The fourth-order valence-electron chi connectivity index (χ4n) is 1.40. The molecular weight excluding hydrogens is 273 g/mol. The Balaban J connectivity index is 2.33. The molecule has 1 aromatic carbocycles. The van der Waals surface area contributed by atoms with Crippen LogP contribution in [0.1, 0.15) is 0 Å². The van der Waals surface area contributed by atoms with Crippen molar-refractivity contribution < 1.29 is 4.79 Å². The van der Waals surface area contributed by atoms with Gasteiger partial charge in [0.25, 0.3) is 5.91 Å². The third-order valence-corrected chi connectivity index (χ3v) is 4.17. The van der Waals surface area contributed by atoms with E-state index in [-0.39, 0.29) is 5.91 Å². The zero-order valence-electron chi connectivity index (χ0n) is 7.39. The Morgan fingerprint density at radius 1 is 1.27 bits per heavy atom. The van der Waals surface area contributed by atoms with E-state index in [0.717, 1.165) is 0 Å². The highest BCUT2D eigenvalue weighted by Crippen LogP contribution is 2.45. The first kappa shape index (κ1) is 11.5. The third kappa shape index (κ3) is 1.73. The van der Waals surface area contributed by atoms with Crippen molar-refractivity contribution in [3.63, 3.8) is 0 Å². The number of anilines is 1. The van der Waals surface area contributed by atoms with Gasteiger partial charge in [0, 0.05) is 10.7 Å². The van der Waals surface area contributed by atoms with Crippen LogP contribution in [0, 0.1) is 0 Å². The molecule has 0 spiro atoms. The Bertz CT molecular complexity index is 407. The van der Waals surface area contributed by atoms with E-state index in [2.05, 4.69) is 25.3 Å². The van der Waals surface area contributed by atoms with Gasteiger partial charge < -0.3 is 0 Å². The fourth-order valence-corrected chi connectivity index (χ4v) is 2.37. The quantitative estimate of drug-likeness (QED) is 0.351. The minimum absolute atomic E-state index is 0.205. The molecule has 1 heterocycles. The topological polar surface area (TPSA) is 20.3 Å². The summed E-state index contributed by atoms with van der Waals surface area (Å²) in [6.45, 7) is 0. The number of benzene rings is 1. The summed E-state index contributed by atoms with van der Waals surface area (Å²) in [5.74, 6) is -0.205. The van der Waals surface area contributed by atoms with Crippen LogP contribution >= 0.6 is 48.5 Å². The van der Waals surface area contributed by atoms with Gasteiger partial charge in [0.2, 0.25) is 0 Å². The molecule has 1 amide bonds. The Labute approximate surface area is 108 Å². The molecule has 2 rings (SSSR count). The number of carbonyl (C=O) groups is 1. The standard InChI is InChI=1S/C9H7Cl2NOS2/c10-5-1-3-6(4-2-5)12-8(13)7(11)9(12,14)15/h1-4,7,14-15H. The number of carbonyl (C=O) groups excluding carboxylic acids is 1. The van der Waals surface area contributed by atoms with E-state index in [1.54, 1.807) is 24.3 Å². The molecule has 2 nitrogen and oxygen atoms in total. The molecule has 1 atom stereocenters. The maximum atomic E-state index is 11.5. The molecule has 0 bridgehead atoms. The minimum atomic E-state index is -0.938. The van der Waals surface area contributed by atoms with E-state index in [1.807, 2.05) is 0 Å². The van der Waals surface area contributed by atoms with Gasteiger partial charge in [-0.2, -0.15) is 0 Å². The second-order valence-corrected chi connectivity index (χ2v) is 5.79. The largest absolute Gasteiger partial charge is 0.285 e. The first-order valence-corrected chi connectivity index (χ1v) is 5.84. The van der Waals surface area contributed by atoms with Crippen LogP contribution in [0.2, 0.25) is 5.02 Å². The van der Waals surface area contributed by atoms with Gasteiger partial charge in [-0.05, 0) is 24.3 Å². The summed E-state index contributed by atoms with van der Waals surface area (Å²) in [6, 6.07) is 6.85. The van der Waals surface area contributed by atoms with E-state index in [1.165, 1.54) is 4.90 Å². The van der Waals surface area contributed by atoms with Crippen LogP contribution in [-0.4, -0.2) is 15.5 Å². The van der Waals surface area contributed by atoms with Gasteiger partial charge in [-0.1, -0.05) is 11.6 Å². The number of hydrogen-bond donors (Lipinski definition) is 2. The van der Waals surface area contributed by atoms with Crippen molar-refractivity contribution in [1.82, 2.24) is 0 Å². The molecule has 1 fully saturated rings. The summed E-state index contributed by atoms with van der Waals surface area (Å²) in [7, 11) is 0. The number of β-lactam (4-membered cyclic amide) rings is 1. The minimum Gasteiger partial charge on any atom is -0.285 e. The zero-order valence-corrected chi connectivity index (χ0v) is 10.7. The molecule has 15 heavy (non-hydrogen) atoms. The van der Waals surface area contributed by atoms with E-state index in [4.69, 9.17) is 23.2 Å². The molecule has 1 aliphatic rings. The molecule has 0 aliphatic carbocycles. The first-order chi connectivity index (χ1) is 6.94. The highest BCUT2D eigenvalue weighted by molar-refractivity contribution is 8.01. The number of alkyl halides is 1. The van der Waals surface area contributed by atoms with Gasteiger partial charge in [0.15, 0.2) is 9.58 Å². The van der Waals surface area contributed by atoms with E-state index < -0.39 is 9.58 Å². The smallest absolute Gasteiger partial charge is 0.251 e. The highest BCUT2D eigenvalue weighted by atomic mass is 35.5. The maximum Gasteiger partial charge on any atom is 0.251 e. The summed E-state index contributed by atoms with van der Waals surface area (Å²) >= 11 is 20.0. The summed E-state index contributed by atoms with van der Waals surface area (Å²) in [6.07, 6.45) is 0. The van der Waals surface area contributed by atoms with Gasteiger partial charge in [0.05, 0.1) is 0 Å². The van der Waals surface area contributed by atoms with Gasteiger partial charge >= 0.3 is 0 Å². The molecule has 0 saturated carbocycles. The number of thiol groups is 2. The van der Waals surface area contributed by atoms with Gasteiger partial charge in [-0.15, -0.1) is 36.9 Å². The third-order valence-electron chi connectivity index (χ3n) is 2.19. The molecule has 6 heteroatoms. The van der Waals surface area contributed by atoms with Crippen molar-refractivity contribution in [3.05, 3.63) is 29.3 Å². The highest BCUT2D eigenvalue weighted by Gasteiger charge is 2.56. The van der Waals surface area contributed by atoms with Crippen molar-refractivity contribution in [2.75, 3.05) is 4.90 Å². The first-order valence-electron chi connectivity index (χ1n) is 4.13. The summed E-state index contributed by atoms with van der Waals surface area (Å²) in [5.41, 5.74) is 0.686. The predicted molar refractivity (Wildman–Crippen MR) is 69.3 cm³/mol. The molecular formula is C9H7Cl2NOS2. The molecule has 0 N–H and O–H groups in total. The second kappa shape index (κ2) is 3.77. The van der Waals surface area contributed by atoms with E-state index in [0.29, 0.717) is 10.7 Å². The Hall–Kier alpha value is -0.0300. The summed E-state index contributed by atoms with van der Waals surface area (Å²) < 4.78 is -0.938. The molecule has 0 aromatic heterocycles. The molecule has 1 saturated heterocycles.